The van der Waals surface area contributed by atoms with E-state index in [1.165, 1.54) is 4.90 Å². The van der Waals surface area contributed by atoms with Gasteiger partial charge in [0.15, 0.2) is 0 Å². The van der Waals surface area contributed by atoms with Gasteiger partial charge < -0.3 is 5.11 Å². The van der Waals surface area contributed by atoms with Crippen molar-refractivity contribution in [2.24, 2.45) is 0 Å². The molecule has 0 aliphatic heterocycles. The van der Waals surface area contributed by atoms with E-state index in [1.54, 1.807) is 24.8 Å². The van der Waals surface area contributed by atoms with Crippen molar-refractivity contribution in [3.05, 3.63) is 42.0 Å². The average Bonchev–Trinajstić information content (AvgIpc) is 2.25. The lowest BCUT2D eigenvalue weighted by Gasteiger charge is -1.98. The Morgan fingerprint density at radius 1 is 1.40 bits per heavy atom. The summed E-state index contributed by atoms with van der Waals surface area (Å²) in [5, 5.41) is 8.62. The van der Waals surface area contributed by atoms with Crippen LogP contribution < -0.4 is 0 Å². The molecule has 80 valence electrons. The average molecular weight is 222 g/mol. The van der Waals surface area contributed by atoms with Gasteiger partial charge in [0, 0.05) is 16.2 Å². The Balaban J connectivity index is 2.29. The normalized spacial score (nSPS) is 11.4. The highest BCUT2D eigenvalue weighted by molar-refractivity contribution is 7.99. The first kappa shape index (κ1) is 11.9. The summed E-state index contributed by atoms with van der Waals surface area (Å²) in [5.41, 5.74) is 0.420. The van der Waals surface area contributed by atoms with Gasteiger partial charge in [0.2, 0.25) is 0 Å². The first-order valence-corrected chi connectivity index (χ1v) is 5.76. The van der Waals surface area contributed by atoms with E-state index in [4.69, 9.17) is 5.11 Å². The number of allylic oxidation sites excluding steroid dienone is 1. The summed E-state index contributed by atoms with van der Waals surface area (Å²) in [7, 11) is 0. The fourth-order valence-electron chi connectivity index (χ4n) is 1.06. The van der Waals surface area contributed by atoms with Crippen molar-refractivity contribution in [3.8, 4) is 0 Å². The third-order valence-electron chi connectivity index (χ3n) is 1.92. The van der Waals surface area contributed by atoms with E-state index < -0.39 is 5.97 Å². The van der Waals surface area contributed by atoms with E-state index in [0.717, 1.165) is 12.2 Å². The predicted octanol–water partition coefficient (Wildman–Crippen LogP) is 3.20. The molecule has 0 aliphatic rings. The van der Waals surface area contributed by atoms with E-state index >= 15 is 0 Å². The summed E-state index contributed by atoms with van der Waals surface area (Å²) in [5.74, 6) is 0.0777. The first-order chi connectivity index (χ1) is 7.20. The quantitative estimate of drug-likeness (QED) is 0.472. The highest BCUT2D eigenvalue weighted by atomic mass is 32.2. The molecule has 0 bridgehead atoms. The van der Waals surface area contributed by atoms with Crippen molar-refractivity contribution in [2.75, 3.05) is 5.75 Å². The molecule has 1 rings (SSSR count). The Kier molecular flexibility index (Phi) is 4.98. The topological polar surface area (TPSA) is 37.3 Å². The SMILES string of the molecule is CC(=CCCSc1ccccc1)C(=O)O. The number of rotatable bonds is 5. The molecule has 2 nitrogen and oxygen atoms in total. The Hall–Kier alpha value is -1.22. The Morgan fingerprint density at radius 2 is 2.07 bits per heavy atom. The van der Waals surface area contributed by atoms with Crippen LogP contribution in [0.3, 0.4) is 0 Å². The molecular weight excluding hydrogens is 208 g/mol. The van der Waals surface area contributed by atoms with Crippen molar-refractivity contribution in [1.29, 1.82) is 0 Å². The lowest BCUT2D eigenvalue weighted by molar-refractivity contribution is -0.132. The maximum absolute atomic E-state index is 10.5. The molecule has 0 radical (unpaired) electrons. The van der Waals surface area contributed by atoms with Crippen LogP contribution >= 0.6 is 11.8 Å². The largest absolute Gasteiger partial charge is 0.478 e. The van der Waals surface area contributed by atoms with Crippen LogP contribution in [-0.2, 0) is 4.79 Å². The zero-order valence-corrected chi connectivity index (χ0v) is 9.46. The molecule has 0 unspecified atom stereocenters. The molecule has 0 fully saturated rings. The van der Waals surface area contributed by atoms with Gasteiger partial charge in [0.25, 0.3) is 0 Å². The molecule has 0 saturated heterocycles. The summed E-state index contributed by atoms with van der Waals surface area (Å²) >= 11 is 1.74. The van der Waals surface area contributed by atoms with Crippen LogP contribution in [0, 0.1) is 0 Å². The molecule has 0 aromatic heterocycles. The Labute approximate surface area is 94.0 Å². The fraction of sp³-hybridized carbons (Fsp3) is 0.250. The van der Waals surface area contributed by atoms with Crippen molar-refractivity contribution in [1.82, 2.24) is 0 Å². The van der Waals surface area contributed by atoms with E-state index in [1.807, 2.05) is 18.2 Å². The van der Waals surface area contributed by atoms with Crippen LogP contribution in [0.2, 0.25) is 0 Å². The number of hydrogen-bond acceptors (Lipinski definition) is 2. The first-order valence-electron chi connectivity index (χ1n) is 4.78. The molecule has 0 saturated carbocycles. The number of aliphatic carboxylic acids is 1. The van der Waals surface area contributed by atoms with Crippen molar-refractivity contribution >= 4 is 17.7 Å². The molecule has 3 heteroatoms. The molecule has 0 spiro atoms. The predicted molar refractivity (Wildman–Crippen MR) is 63.2 cm³/mol. The van der Waals surface area contributed by atoms with Crippen molar-refractivity contribution in [2.45, 2.75) is 18.2 Å². The van der Waals surface area contributed by atoms with Crippen LogP contribution in [0.1, 0.15) is 13.3 Å². The zero-order valence-electron chi connectivity index (χ0n) is 8.64. The Morgan fingerprint density at radius 3 is 2.67 bits per heavy atom. The van der Waals surface area contributed by atoms with Gasteiger partial charge in [-0.2, -0.15) is 0 Å². The van der Waals surface area contributed by atoms with Crippen molar-refractivity contribution < 1.29 is 9.90 Å². The number of carbonyl (C=O) groups is 1. The molecule has 1 aromatic carbocycles. The smallest absolute Gasteiger partial charge is 0.330 e. The van der Waals surface area contributed by atoms with E-state index in [9.17, 15) is 4.79 Å². The zero-order chi connectivity index (χ0) is 11.1. The summed E-state index contributed by atoms with van der Waals surface area (Å²) in [6.45, 7) is 1.62. The standard InChI is InChI=1S/C12H14O2S/c1-10(12(13)14)6-5-9-15-11-7-3-2-4-8-11/h2-4,6-8H,5,9H2,1H3,(H,13,14). The fourth-order valence-corrected chi connectivity index (χ4v) is 1.88. The molecule has 0 amide bonds. The maximum Gasteiger partial charge on any atom is 0.330 e. The van der Waals surface area contributed by atoms with Gasteiger partial charge in [0.1, 0.15) is 0 Å². The molecule has 0 aliphatic carbocycles. The third kappa shape index (κ3) is 4.70. The second kappa shape index (κ2) is 6.30. The van der Waals surface area contributed by atoms with E-state index in [2.05, 4.69) is 12.1 Å². The van der Waals surface area contributed by atoms with Crippen LogP contribution in [0.15, 0.2) is 46.9 Å². The lowest BCUT2D eigenvalue weighted by atomic mass is 10.2. The van der Waals surface area contributed by atoms with Gasteiger partial charge in [-0.15, -0.1) is 11.8 Å². The minimum atomic E-state index is -0.834. The van der Waals surface area contributed by atoms with Gasteiger partial charge in [-0.3, -0.25) is 0 Å². The number of thioether (sulfide) groups is 1. The minimum Gasteiger partial charge on any atom is -0.478 e. The van der Waals surface area contributed by atoms with Crippen LogP contribution in [-0.4, -0.2) is 16.8 Å². The van der Waals surface area contributed by atoms with E-state index in [0.29, 0.717) is 5.57 Å². The molecule has 15 heavy (non-hydrogen) atoms. The molecular formula is C12H14O2S. The Bertz CT molecular complexity index is 344. The number of carboxylic acid groups (broad SMARTS) is 1. The van der Waals surface area contributed by atoms with Gasteiger partial charge in [-0.25, -0.2) is 4.79 Å². The van der Waals surface area contributed by atoms with Gasteiger partial charge in [-0.05, 0) is 25.5 Å². The van der Waals surface area contributed by atoms with Crippen LogP contribution in [0.4, 0.5) is 0 Å². The number of hydrogen-bond donors (Lipinski definition) is 1. The summed E-state index contributed by atoms with van der Waals surface area (Å²) in [4.78, 5) is 11.7. The minimum absolute atomic E-state index is 0.420. The van der Waals surface area contributed by atoms with Gasteiger partial charge in [-0.1, -0.05) is 24.3 Å². The maximum atomic E-state index is 10.5. The monoisotopic (exact) mass is 222 g/mol. The molecule has 1 aromatic rings. The summed E-state index contributed by atoms with van der Waals surface area (Å²) in [6.07, 6.45) is 2.55. The molecule has 1 N–H and O–H groups in total. The van der Waals surface area contributed by atoms with E-state index in [-0.39, 0.29) is 0 Å². The van der Waals surface area contributed by atoms with Crippen molar-refractivity contribution in [3.63, 3.8) is 0 Å². The second-order valence-electron chi connectivity index (χ2n) is 3.14. The highest BCUT2D eigenvalue weighted by Gasteiger charge is 1.98. The number of carboxylic acids is 1. The van der Waals surface area contributed by atoms with Gasteiger partial charge >= 0.3 is 5.97 Å². The highest BCUT2D eigenvalue weighted by Crippen LogP contribution is 2.18. The summed E-state index contributed by atoms with van der Waals surface area (Å²) in [6, 6.07) is 10.1. The second-order valence-corrected chi connectivity index (χ2v) is 4.31. The molecule has 0 atom stereocenters. The lowest BCUT2D eigenvalue weighted by Crippen LogP contribution is -1.95. The molecule has 0 heterocycles. The summed E-state index contributed by atoms with van der Waals surface area (Å²) < 4.78 is 0. The van der Waals surface area contributed by atoms with Crippen LogP contribution in [0.25, 0.3) is 0 Å². The van der Waals surface area contributed by atoms with Gasteiger partial charge in [0.05, 0.1) is 0 Å². The number of benzene rings is 1. The third-order valence-corrected chi connectivity index (χ3v) is 2.96. The van der Waals surface area contributed by atoms with Crippen LogP contribution in [0.5, 0.6) is 0 Å².